The molecule has 0 radical (unpaired) electrons. The normalized spacial score (nSPS) is 10.8. The fourth-order valence-corrected chi connectivity index (χ4v) is 3.03. The van der Waals surface area contributed by atoms with Crippen LogP contribution in [0.2, 0.25) is 0 Å². The number of hydrogen-bond donors (Lipinski definition) is 0. The molecule has 1 nitrogen and oxygen atoms in total. The van der Waals surface area contributed by atoms with Gasteiger partial charge in [-0.05, 0) is 58.7 Å². The van der Waals surface area contributed by atoms with E-state index in [4.69, 9.17) is 0 Å². The molecule has 0 aromatic heterocycles. The van der Waals surface area contributed by atoms with Crippen LogP contribution in [-0.4, -0.2) is 5.78 Å². The number of rotatable bonds is 4. The van der Waals surface area contributed by atoms with Crippen LogP contribution in [-0.2, 0) is 6.42 Å². The van der Waals surface area contributed by atoms with E-state index in [2.05, 4.69) is 64.5 Å². The van der Waals surface area contributed by atoms with Gasteiger partial charge in [0.05, 0.1) is 0 Å². The summed E-state index contributed by atoms with van der Waals surface area (Å²) in [4.78, 5) is 12.5. The lowest BCUT2D eigenvalue weighted by Crippen LogP contribution is -2.04. The second-order valence-electron chi connectivity index (χ2n) is 5.25. The van der Waals surface area contributed by atoms with E-state index in [0.717, 1.165) is 25.6 Å². The Morgan fingerprint density at radius 2 is 1.80 bits per heavy atom. The van der Waals surface area contributed by atoms with Gasteiger partial charge >= 0.3 is 0 Å². The summed E-state index contributed by atoms with van der Waals surface area (Å²) in [6, 6.07) is 13.7. The van der Waals surface area contributed by atoms with Crippen molar-refractivity contribution in [2.45, 2.75) is 20.3 Å². The molecule has 0 unspecified atom stereocenters. The summed E-state index contributed by atoms with van der Waals surface area (Å²) in [5, 5.41) is 0. The van der Waals surface area contributed by atoms with Crippen molar-refractivity contribution < 1.29 is 4.79 Å². The number of benzene rings is 2. The second kappa shape index (κ2) is 6.85. The van der Waals surface area contributed by atoms with Crippen LogP contribution < -0.4 is 0 Å². The van der Waals surface area contributed by atoms with E-state index >= 15 is 0 Å². The second-order valence-corrected chi connectivity index (χ2v) is 7.33. The number of hydrogen-bond acceptors (Lipinski definition) is 1. The van der Waals surface area contributed by atoms with Crippen LogP contribution in [0.3, 0.4) is 0 Å². The van der Waals surface area contributed by atoms with Crippen LogP contribution in [0, 0.1) is 9.49 Å². The van der Waals surface area contributed by atoms with Gasteiger partial charge in [0.15, 0.2) is 5.78 Å². The topological polar surface area (TPSA) is 17.1 Å². The minimum absolute atomic E-state index is 0.0757. The molecule has 0 bridgehead atoms. The molecule has 0 saturated heterocycles. The number of ketones is 1. The Kier molecular flexibility index (Phi) is 5.38. The molecule has 2 aromatic carbocycles. The number of halogens is 2. The fourth-order valence-electron chi connectivity index (χ4n) is 2.09. The monoisotopic (exact) mass is 442 g/mol. The van der Waals surface area contributed by atoms with Gasteiger partial charge in [-0.25, -0.2) is 0 Å². The summed E-state index contributed by atoms with van der Waals surface area (Å²) in [6.07, 6.45) is 1.04. The SMILES string of the molecule is CC(C)Cc1ccc(C(=O)c2cc(Br)ccc2I)cc1. The Hall–Kier alpha value is -0.680. The van der Waals surface area contributed by atoms with Crippen molar-refractivity contribution in [2.75, 3.05) is 0 Å². The standard InChI is InChI=1S/C17H16BrIO/c1-11(2)9-12-3-5-13(6-4-12)17(20)15-10-14(18)7-8-16(15)19/h3-8,10-11H,9H2,1-2H3. The Balaban J connectivity index is 2.27. The molecule has 0 aliphatic heterocycles. The van der Waals surface area contributed by atoms with Crippen molar-refractivity contribution in [3.63, 3.8) is 0 Å². The van der Waals surface area contributed by atoms with E-state index in [-0.39, 0.29) is 5.78 Å². The smallest absolute Gasteiger partial charge is 0.194 e. The van der Waals surface area contributed by atoms with Gasteiger partial charge in [0, 0.05) is 19.2 Å². The summed E-state index contributed by atoms with van der Waals surface area (Å²) in [6.45, 7) is 4.39. The molecule has 0 amide bonds. The van der Waals surface area contributed by atoms with Crippen molar-refractivity contribution in [2.24, 2.45) is 5.92 Å². The molecule has 2 rings (SSSR count). The molecule has 0 aliphatic carbocycles. The molecule has 0 aliphatic rings. The minimum atomic E-state index is 0.0757. The fraction of sp³-hybridized carbons (Fsp3) is 0.235. The molecular formula is C17H16BrIO. The third-order valence-electron chi connectivity index (χ3n) is 3.03. The highest BCUT2D eigenvalue weighted by atomic mass is 127. The first kappa shape index (κ1) is 15.7. The minimum Gasteiger partial charge on any atom is -0.289 e. The lowest BCUT2D eigenvalue weighted by Gasteiger charge is -2.07. The zero-order valence-electron chi connectivity index (χ0n) is 11.5. The first-order valence-electron chi connectivity index (χ1n) is 6.56. The first-order chi connectivity index (χ1) is 9.47. The largest absolute Gasteiger partial charge is 0.289 e. The van der Waals surface area contributed by atoms with Gasteiger partial charge in [0.1, 0.15) is 0 Å². The van der Waals surface area contributed by atoms with Crippen molar-refractivity contribution in [3.8, 4) is 0 Å². The van der Waals surface area contributed by atoms with Crippen molar-refractivity contribution >= 4 is 44.3 Å². The predicted molar refractivity (Wildman–Crippen MR) is 95.3 cm³/mol. The van der Waals surface area contributed by atoms with E-state index in [1.165, 1.54) is 5.56 Å². The number of carbonyl (C=O) groups excluding carboxylic acids is 1. The maximum absolute atomic E-state index is 12.5. The summed E-state index contributed by atoms with van der Waals surface area (Å²) < 4.78 is 1.90. The third kappa shape index (κ3) is 3.92. The lowest BCUT2D eigenvalue weighted by atomic mass is 9.98. The van der Waals surface area contributed by atoms with Crippen molar-refractivity contribution in [1.82, 2.24) is 0 Å². The summed E-state index contributed by atoms with van der Waals surface area (Å²) in [7, 11) is 0. The van der Waals surface area contributed by atoms with Crippen LogP contribution in [0.5, 0.6) is 0 Å². The van der Waals surface area contributed by atoms with E-state index < -0.39 is 0 Å². The van der Waals surface area contributed by atoms with Gasteiger partial charge in [-0.1, -0.05) is 54.0 Å². The van der Waals surface area contributed by atoms with E-state index in [1.807, 2.05) is 30.3 Å². The molecule has 0 saturated carbocycles. The summed E-state index contributed by atoms with van der Waals surface area (Å²) >= 11 is 5.62. The highest BCUT2D eigenvalue weighted by Crippen LogP contribution is 2.22. The maximum atomic E-state index is 12.5. The highest BCUT2D eigenvalue weighted by Gasteiger charge is 2.13. The molecule has 0 heterocycles. The zero-order valence-corrected chi connectivity index (χ0v) is 15.2. The predicted octanol–water partition coefficient (Wildman–Crippen LogP) is 5.48. The van der Waals surface area contributed by atoms with Crippen LogP contribution in [0.1, 0.15) is 35.3 Å². The van der Waals surface area contributed by atoms with Gasteiger partial charge in [0.25, 0.3) is 0 Å². The Morgan fingerprint density at radius 3 is 2.40 bits per heavy atom. The van der Waals surface area contributed by atoms with Crippen molar-refractivity contribution in [3.05, 3.63) is 67.2 Å². The molecule has 2 aromatic rings. The first-order valence-corrected chi connectivity index (χ1v) is 8.43. The Labute approximate surface area is 142 Å². The molecule has 20 heavy (non-hydrogen) atoms. The van der Waals surface area contributed by atoms with Crippen molar-refractivity contribution in [1.29, 1.82) is 0 Å². The van der Waals surface area contributed by atoms with E-state index in [9.17, 15) is 4.79 Å². The lowest BCUT2D eigenvalue weighted by molar-refractivity contribution is 0.103. The average molecular weight is 443 g/mol. The molecule has 0 N–H and O–H groups in total. The summed E-state index contributed by atoms with van der Waals surface area (Å²) in [5.74, 6) is 0.703. The molecular weight excluding hydrogens is 427 g/mol. The zero-order chi connectivity index (χ0) is 14.7. The van der Waals surface area contributed by atoms with E-state index in [0.29, 0.717) is 5.92 Å². The van der Waals surface area contributed by atoms with Gasteiger partial charge in [-0.15, -0.1) is 0 Å². The number of carbonyl (C=O) groups is 1. The van der Waals surface area contributed by atoms with Gasteiger partial charge in [0.2, 0.25) is 0 Å². The molecule has 0 spiro atoms. The van der Waals surface area contributed by atoms with Crippen LogP contribution >= 0.6 is 38.5 Å². The van der Waals surface area contributed by atoms with Crippen LogP contribution in [0.4, 0.5) is 0 Å². The summed E-state index contributed by atoms with van der Waals surface area (Å²) in [5.41, 5.74) is 2.77. The van der Waals surface area contributed by atoms with Gasteiger partial charge < -0.3 is 0 Å². The van der Waals surface area contributed by atoms with E-state index in [1.54, 1.807) is 0 Å². The molecule has 3 heteroatoms. The van der Waals surface area contributed by atoms with Crippen LogP contribution in [0.15, 0.2) is 46.9 Å². The Bertz CT molecular complexity index is 617. The molecule has 0 fully saturated rings. The maximum Gasteiger partial charge on any atom is 0.194 e. The highest BCUT2D eigenvalue weighted by molar-refractivity contribution is 14.1. The van der Waals surface area contributed by atoms with Gasteiger partial charge in [-0.3, -0.25) is 4.79 Å². The Morgan fingerprint density at radius 1 is 1.15 bits per heavy atom. The third-order valence-corrected chi connectivity index (χ3v) is 4.47. The molecule has 104 valence electrons. The quantitative estimate of drug-likeness (QED) is 0.452. The van der Waals surface area contributed by atoms with Gasteiger partial charge in [-0.2, -0.15) is 0 Å². The molecule has 0 atom stereocenters. The van der Waals surface area contributed by atoms with Crippen LogP contribution in [0.25, 0.3) is 0 Å². The average Bonchev–Trinajstić information content (AvgIpc) is 2.41.